The molecule has 1 aromatic carbocycles. The van der Waals surface area contributed by atoms with Gasteiger partial charge in [-0.25, -0.2) is 9.97 Å². The highest BCUT2D eigenvalue weighted by Crippen LogP contribution is 2.33. The number of hydrogen-bond acceptors (Lipinski definition) is 7. The standard InChI is InChI=1S/C21H19N5O2/c1-12-9-10-16(25-24-12)21-22-17(15-7-5-6-8-19(15)27-4)11-18(23-21)20-13(2)26-28-14(20)3/h5-11H,1-4H3. The first-order valence-electron chi connectivity index (χ1n) is 8.83. The van der Waals surface area contributed by atoms with Crippen LogP contribution >= 0.6 is 0 Å². The van der Waals surface area contributed by atoms with E-state index in [4.69, 9.17) is 19.2 Å². The fourth-order valence-corrected chi connectivity index (χ4v) is 3.05. The first kappa shape index (κ1) is 17.8. The van der Waals surface area contributed by atoms with Crippen molar-refractivity contribution < 1.29 is 9.26 Å². The number of hydrogen-bond donors (Lipinski definition) is 0. The molecule has 0 saturated carbocycles. The average Bonchev–Trinajstić information content (AvgIpc) is 3.06. The van der Waals surface area contributed by atoms with Crippen molar-refractivity contribution in [2.75, 3.05) is 7.11 Å². The predicted octanol–water partition coefficient (Wildman–Crippen LogP) is 4.19. The second-order valence-electron chi connectivity index (χ2n) is 6.42. The van der Waals surface area contributed by atoms with Gasteiger partial charge in [-0.1, -0.05) is 17.3 Å². The molecule has 0 N–H and O–H groups in total. The summed E-state index contributed by atoms with van der Waals surface area (Å²) in [6, 6.07) is 13.4. The van der Waals surface area contributed by atoms with Gasteiger partial charge in [0.15, 0.2) is 5.82 Å². The molecule has 28 heavy (non-hydrogen) atoms. The van der Waals surface area contributed by atoms with Crippen molar-refractivity contribution in [3.05, 3.63) is 59.6 Å². The number of aryl methyl sites for hydroxylation is 3. The van der Waals surface area contributed by atoms with E-state index in [0.717, 1.165) is 34.0 Å². The number of nitrogens with zero attached hydrogens (tertiary/aromatic N) is 5. The van der Waals surface area contributed by atoms with Gasteiger partial charge >= 0.3 is 0 Å². The van der Waals surface area contributed by atoms with Crippen LogP contribution in [0.25, 0.3) is 34.0 Å². The zero-order valence-corrected chi connectivity index (χ0v) is 16.1. The van der Waals surface area contributed by atoms with Crippen LogP contribution in [-0.4, -0.2) is 32.4 Å². The van der Waals surface area contributed by atoms with Gasteiger partial charge in [-0.2, -0.15) is 5.10 Å². The number of benzene rings is 1. The monoisotopic (exact) mass is 373 g/mol. The Labute approximate surface area is 162 Å². The molecule has 0 bridgehead atoms. The molecule has 0 spiro atoms. The lowest BCUT2D eigenvalue weighted by molar-refractivity contribution is 0.393. The third kappa shape index (κ3) is 3.22. The summed E-state index contributed by atoms with van der Waals surface area (Å²) in [5.74, 6) is 1.90. The number of ether oxygens (including phenoxy) is 1. The van der Waals surface area contributed by atoms with Crippen LogP contribution in [0.5, 0.6) is 5.75 Å². The molecule has 0 aliphatic heterocycles. The second kappa shape index (κ2) is 7.19. The lowest BCUT2D eigenvalue weighted by Gasteiger charge is -2.11. The molecule has 0 unspecified atom stereocenters. The smallest absolute Gasteiger partial charge is 0.181 e. The Bertz CT molecular complexity index is 1120. The lowest BCUT2D eigenvalue weighted by Crippen LogP contribution is -2.00. The Morgan fingerprint density at radius 1 is 0.857 bits per heavy atom. The van der Waals surface area contributed by atoms with E-state index < -0.39 is 0 Å². The fraction of sp³-hybridized carbons (Fsp3) is 0.190. The summed E-state index contributed by atoms with van der Waals surface area (Å²) in [5.41, 5.74) is 5.33. The van der Waals surface area contributed by atoms with Gasteiger partial charge < -0.3 is 9.26 Å². The summed E-state index contributed by atoms with van der Waals surface area (Å²) in [6.07, 6.45) is 0. The van der Waals surface area contributed by atoms with E-state index in [1.54, 1.807) is 7.11 Å². The van der Waals surface area contributed by atoms with E-state index in [1.807, 2.05) is 63.2 Å². The molecular formula is C21H19N5O2. The molecule has 0 aliphatic carbocycles. The van der Waals surface area contributed by atoms with Crippen LogP contribution in [0, 0.1) is 20.8 Å². The Morgan fingerprint density at radius 2 is 1.64 bits per heavy atom. The van der Waals surface area contributed by atoms with Crippen molar-refractivity contribution in [1.82, 2.24) is 25.3 Å². The minimum Gasteiger partial charge on any atom is -0.496 e. The predicted molar refractivity (Wildman–Crippen MR) is 105 cm³/mol. The third-order valence-electron chi connectivity index (χ3n) is 4.43. The molecule has 4 aromatic rings. The Balaban J connectivity index is 1.97. The molecule has 7 heteroatoms. The molecule has 0 atom stereocenters. The molecule has 0 amide bonds. The van der Waals surface area contributed by atoms with E-state index in [-0.39, 0.29) is 0 Å². The number of aromatic nitrogens is 5. The summed E-state index contributed by atoms with van der Waals surface area (Å²) in [7, 11) is 1.64. The summed E-state index contributed by atoms with van der Waals surface area (Å²) in [4.78, 5) is 9.46. The molecule has 7 nitrogen and oxygen atoms in total. The maximum atomic E-state index is 5.52. The molecule has 4 rings (SSSR count). The van der Waals surface area contributed by atoms with Gasteiger partial charge in [-0.05, 0) is 51.1 Å². The first-order valence-corrected chi connectivity index (χ1v) is 8.83. The van der Waals surface area contributed by atoms with E-state index >= 15 is 0 Å². The van der Waals surface area contributed by atoms with Crippen molar-refractivity contribution in [3.63, 3.8) is 0 Å². The summed E-state index contributed by atoms with van der Waals surface area (Å²) in [6.45, 7) is 5.64. The highest BCUT2D eigenvalue weighted by Gasteiger charge is 2.18. The minimum atomic E-state index is 0.478. The van der Waals surface area contributed by atoms with Crippen molar-refractivity contribution >= 4 is 0 Å². The average molecular weight is 373 g/mol. The molecule has 140 valence electrons. The van der Waals surface area contributed by atoms with Crippen LogP contribution in [0.4, 0.5) is 0 Å². The molecule has 0 saturated heterocycles. The number of methoxy groups -OCH3 is 1. The minimum absolute atomic E-state index is 0.478. The molecule has 3 heterocycles. The third-order valence-corrected chi connectivity index (χ3v) is 4.43. The number of rotatable bonds is 4. The van der Waals surface area contributed by atoms with Gasteiger partial charge in [0.05, 0.1) is 35.4 Å². The highest BCUT2D eigenvalue weighted by molar-refractivity contribution is 5.75. The molecular weight excluding hydrogens is 354 g/mol. The van der Waals surface area contributed by atoms with Crippen LogP contribution in [0.1, 0.15) is 17.1 Å². The first-order chi connectivity index (χ1) is 13.6. The molecule has 3 aromatic heterocycles. The van der Waals surface area contributed by atoms with Crippen molar-refractivity contribution in [1.29, 1.82) is 0 Å². The van der Waals surface area contributed by atoms with Gasteiger partial charge in [0.2, 0.25) is 0 Å². The van der Waals surface area contributed by atoms with Crippen molar-refractivity contribution in [2.24, 2.45) is 0 Å². The van der Waals surface area contributed by atoms with Gasteiger partial charge in [-0.3, -0.25) is 0 Å². The molecule has 0 aliphatic rings. The van der Waals surface area contributed by atoms with Crippen LogP contribution in [-0.2, 0) is 0 Å². The maximum absolute atomic E-state index is 5.52. The van der Waals surface area contributed by atoms with Gasteiger partial charge in [0, 0.05) is 5.56 Å². The topological polar surface area (TPSA) is 86.8 Å². The Morgan fingerprint density at radius 3 is 2.32 bits per heavy atom. The van der Waals surface area contributed by atoms with Crippen LogP contribution in [0.3, 0.4) is 0 Å². The van der Waals surface area contributed by atoms with Gasteiger partial charge in [0.25, 0.3) is 0 Å². The van der Waals surface area contributed by atoms with Crippen LogP contribution < -0.4 is 4.74 Å². The Hall–Kier alpha value is -3.61. The zero-order valence-electron chi connectivity index (χ0n) is 16.1. The lowest BCUT2D eigenvalue weighted by atomic mass is 10.1. The molecule has 0 fully saturated rings. The summed E-state index contributed by atoms with van der Waals surface area (Å²) < 4.78 is 10.9. The number of para-hydroxylation sites is 1. The van der Waals surface area contributed by atoms with Crippen LogP contribution in [0.15, 0.2) is 47.0 Å². The quantitative estimate of drug-likeness (QED) is 0.530. The van der Waals surface area contributed by atoms with E-state index in [2.05, 4.69) is 15.4 Å². The Kier molecular flexibility index (Phi) is 4.57. The van der Waals surface area contributed by atoms with Gasteiger partial charge in [0.1, 0.15) is 17.2 Å². The second-order valence-corrected chi connectivity index (χ2v) is 6.42. The maximum Gasteiger partial charge on any atom is 0.181 e. The highest BCUT2D eigenvalue weighted by atomic mass is 16.5. The summed E-state index contributed by atoms with van der Waals surface area (Å²) in [5, 5.41) is 12.4. The van der Waals surface area contributed by atoms with Crippen molar-refractivity contribution in [3.8, 4) is 39.8 Å². The van der Waals surface area contributed by atoms with Gasteiger partial charge in [-0.15, -0.1) is 5.10 Å². The van der Waals surface area contributed by atoms with E-state index in [1.165, 1.54) is 0 Å². The van der Waals surface area contributed by atoms with Crippen molar-refractivity contribution in [2.45, 2.75) is 20.8 Å². The van der Waals surface area contributed by atoms with E-state index in [0.29, 0.717) is 23.0 Å². The summed E-state index contributed by atoms with van der Waals surface area (Å²) >= 11 is 0. The fourth-order valence-electron chi connectivity index (χ4n) is 3.05. The van der Waals surface area contributed by atoms with E-state index in [9.17, 15) is 0 Å². The largest absolute Gasteiger partial charge is 0.496 e. The molecule has 0 radical (unpaired) electrons. The zero-order chi connectivity index (χ0) is 19.7. The SMILES string of the molecule is COc1ccccc1-c1cc(-c2c(C)noc2C)nc(-c2ccc(C)nn2)n1. The normalized spacial score (nSPS) is 10.9. The van der Waals surface area contributed by atoms with Crippen LogP contribution in [0.2, 0.25) is 0 Å².